The Morgan fingerprint density at radius 3 is 2.64 bits per heavy atom. The Morgan fingerprint density at radius 1 is 1.21 bits per heavy atom. The monoisotopic (exact) mass is 534 g/mol. The number of H-pyrrole nitrogens is 1. The van der Waals surface area contributed by atoms with Crippen LogP contribution in [-0.4, -0.2) is 47.5 Å². The van der Waals surface area contributed by atoms with E-state index in [1.165, 1.54) is 6.33 Å². The van der Waals surface area contributed by atoms with Gasteiger partial charge in [-0.05, 0) is 67.3 Å². The average Bonchev–Trinajstić information content (AvgIpc) is 3.48. The first kappa shape index (κ1) is 24.7. The van der Waals surface area contributed by atoms with Gasteiger partial charge in [0.25, 0.3) is 11.5 Å². The van der Waals surface area contributed by atoms with E-state index in [9.17, 15) is 18.7 Å². The van der Waals surface area contributed by atoms with E-state index in [0.717, 1.165) is 48.7 Å². The van der Waals surface area contributed by atoms with E-state index in [-0.39, 0.29) is 18.4 Å². The maximum absolute atomic E-state index is 14.3. The summed E-state index contributed by atoms with van der Waals surface area (Å²) in [6.07, 6.45) is 7.59. The molecular formula is C29H32F2N6O2. The highest BCUT2D eigenvalue weighted by molar-refractivity contribution is 5.84. The molecule has 3 saturated carbocycles. The van der Waals surface area contributed by atoms with Gasteiger partial charge in [-0.25, -0.2) is 8.78 Å². The molecule has 3 aliphatic rings. The van der Waals surface area contributed by atoms with Gasteiger partial charge in [0.2, 0.25) is 0 Å². The van der Waals surface area contributed by atoms with Gasteiger partial charge in [0.1, 0.15) is 17.7 Å². The zero-order valence-corrected chi connectivity index (χ0v) is 21.9. The Bertz CT molecular complexity index is 1620. The summed E-state index contributed by atoms with van der Waals surface area (Å²) in [6, 6.07) is 9.40. The Kier molecular flexibility index (Phi) is 5.41. The van der Waals surface area contributed by atoms with Crippen molar-refractivity contribution >= 4 is 10.9 Å². The lowest BCUT2D eigenvalue weighted by molar-refractivity contribution is -0.116. The van der Waals surface area contributed by atoms with E-state index in [0.29, 0.717) is 41.6 Å². The van der Waals surface area contributed by atoms with Gasteiger partial charge < -0.3 is 20.0 Å². The fraction of sp³-hybridized carbons (Fsp3) is 0.483. The summed E-state index contributed by atoms with van der Waals surface area (Å²) < 4.78 is 31.9. The third-order valence-corrected chi connectivity index (χ3v) is 8.89. The SMILES string of the molecule is Cn1cnnc1C1(c2cccc(-n3cc(C4CC4)c4cc(CNCC5(O)CCC5)[nH]c4c3=O)c2)CC(F)(F)C1. The number of halogens is 2. The van der Waals surface area contributed by atoms with Crippen molar-refractivity contribution in [2.75, 3.05) is 6.54 Å². The molecule has 3 N–H and O–H groups in total. The second-order valence-electron chi connectivity index (χ2n) is 11.9. The number of nitrogens with zero attached hydrogens (tertiary/aromatic N) is 4. The molecule has 0 unspecified atom stereocenters. The minimum absolute atomic E-state index is 0.179. The first-order valence-corrected chi connectivity index (χ1v) is 13.7. The van der Waals surface area contributed by atoms with Crippen LogP contribution in [0.3, 0.4) is 0 Å². The third kappa shape index (κ3) is 4.12. The number of aromatic nitrogens is 5. The van der Waals surface area contributed by atoms with E-state index >= 15 is 0 Å². The Balaban J connectivity index is 1.27. The molecule has 0 amide bonds. The van der Waals surface area contributed by atoms with Gasteiger partial charge in [0.15, 0.2) is 0 Å². The molecule has 0 aliphatic heterocycles. The number of aromatic amines is 1. The van der Waals surface area contributed by atoms with Crippen molar-refractivity contribution in [3.63, 3.8) is 0 Å². The van der Waals surface area contributed by atoms with E-state index in [1.54, 1.807) is 16.2 Å². The van der Waals surface area contributed by atoms with Gasteiger partial charge >= 0.3 is 0 Å². The summed E-state index contributed by atoms with van der Waals surface area (Å²) in [7, 11) is 1.77. The second-order valence-corrected chi connectivity index (χ2v) is 11.9. The van der Waals surface area contributed by atoms with Crippen molar-refractivity contribution in [1.29, 1.82) is 0 Å². The summed E-state index contributed by atoms with van der Waals surface area (Å²) in [5, 5.41) is 22.8. The molecular weight excluding hydrogens is 502 g/mol. The van der Waals surface area contributed by atoms with Crippen molar-refractivity contribution in [2.24, 2.45) is 7.05 Å². The van der Waals surface area contributed by atoms with E-state index in [2.05, 4.69) is 20.5 Å². The fourth-order valence-electron chi connectivity index (χ4n) is 6.49. The lowest BCUT2D eigenvalue weighted by Crippen LogP contribution is -2.51. The number of rotatable bonds is 8. The van der Waals surface area contributed by atoms with Crippen LogP contribution in [0, 0.1) is 0 Å². The van der Waals surface area contributed by atoms with Crippen LogP contribution in [0.2, 0.25) is 0 Å². The minimum atomic E-state index is -2.78. The summed E-state index contributed by atoms with van der Waals surface area (Å²) in [5.41, 5.74) is 2.14. The van der Waals surface area contributed by atoms with Crippen LogP contribution in [0.4, 0.5) is 8.78 Å². The van der Waals surface area contributed by atoms with Gasteiger partial charge in [-0.3, -0.25) is 9.36 Å². The molecule has 7 rings (SSSR count). The zero-order chi connectivity index (χ0) is 27.0. The molecule has 0 spiro atoms. The number of alkyl halides is 2. The predicted molar refractivity (Wildman–Crippen MR) is 142 cm³/mol. The van der Waals surface area contributed by atoms with Crippen LogP contribution in [0.5, 0.6) is 0 Å². The number of nitrogens with one attached hydrogen (secondary N) is 2. The van der Waals surface area contributed by atoms with Gasteiger partial charge in [-0.15, -0.1) is 10.2 Å². The molecule has 3 fully saturated rings. The van der Waals surface area contributed by atoms with E-state index in [4.69, 9.17) is 0 Å². The van der Waals surface area contributed by atoms with Crippen LogP contribution >= 0.6 is 0 Å². The van der Waals surface area contributed by atoms with E-state index in [1.807, 2.05) is 36.5 Å². The van der Waals surface area contributed by atoms with Crippen LogP contribution in [0.15, 0.2) is 47.7 Å². The van der Waals surface area contributed by atoms with Crippen LogP contribution in [0.25, 0.3) is 16.6 Å². The molecule has 10 heteroatoms. The van der Waals surface area contributed by atoms with E-state index < -0.39 is 16.9 Å². The second kappa shape index (κ2) is 8.56. The molecule has 3 aromatic heterocycles. The molecule has 3 heterocycles. The topological polar surface area (TPSA) is 101 Å². The lowest BCUT2D eigenvalue weighted by atomic mass is 9.61. The van der Waals surface area contributed by atoms with Crippen molar-refractivity contribution < 1.29 is 13.9 Å². The zero-order valence-electron chi connectivity index (χ0n) is 21.9. The quantitative estimate of drug-likeness (QED) is 0.317. The maximum atomic E-state index is 14.3. The highest BCUT2D eigenvalue weighted by atomic mass is 19.3. The number of benzene rings is 1. The molecule has 204 valence electrons. The number of pyridine rings is 1. The first-order chi connectivity index (χ1) is 18.7. The first-order valence-electron chi connectivity index (χ1n) is 13.7. The maximum Gasteiger partial charge on any atom is 0.279 e. The smallest absolute Gasteiger partial charge is 0.279 e. The number of aliphatic hydroxyl groups is 1. The standard InChI is InChI=1S/C29H32F2N6O2/c1-36-17-33-35-26(36)28(14-29(30,31)15-28)19-4-2-5-21(10-19)37-13-23(18-6-7-18)22-11-20(34-24(22)25(37)38)12-32-16-27(39)8-3-9-27/h2,4-5,10-11,13,17-18,32,34,39H,3,6-9,12,14-16H2,1H3. The van der Waals surface area contributed by atoms with Gasteiger partial charge in [0, 0.05) is 55.9 Å². The van der Waals surface area contributed by atoms with Crippen molar-refractivity contribution in [3.05, 3.63) is 75.9 Å². The van der Waals surface area contributed by atoms with Gasteiger partial charge in [-0.2, -0.15) is 0 Å². The number of hydrogen-bond acceptors (Lipinski definition) is 5. The average molecular weight is 535 g/mol. The molecule has 39 heavy (non-hydrogen) atoms. The van der Waals surface area contributed by atoms with Gasteiger partial charge in [-0.1, -0.05) is 12.1 Å². The highest BCUT2D eigenvalue weighted by Gasteiger charge is 2.60. The lowest BCUT2D eigenvalue weighted by Gasteiger charge is -2.46. The molecule has 4 aromatic rings. The highest BCUT2D eigenvalue weighted by Crippen LogP contribution is 2.56. The molecule has 0 saturated heterocycles. The largest absolute Gasteiger partial charge is 0.389 e. The third-order valence-electron chi connectivity index (χ3n) is 8.89. The normalized spacial score (nSPS) is 21.0. The van der Waals surface area contributed by atoms with Crippen LogP contribution < -0.4 is 10.9 Å². The number of fused-ring (bicyclic) bond motifs is 1. The summed E-state index contributed by atoms with van der Waals surface area (Å²) in [5.74, 6) is -1.88. The molecule has 8 nitrogen and oxygen atoms in total. The summed E-state index contributed by atoms with van der Waals surface area (Å²) in [6.45, 7) is 1.06. The Morgan fingerprint density at radius 2 is 2.00 bits per heavy atom. The molecule has 0 atom stereocenters. The summed E-state index contributed by atoms with van der Waals surface area (Å²) in [4.78, 5) is 17.1. The Hall–Kier alpha value is -3.37. The number of aryl methyl sites for hydroxylation is 1. The fourth-order valence-corrected chi connectivity index (χ4v) is 6.49. The van der Waals surface area contributed by atoms with Crippen molar-refractivity contribution in [1.82, 2.24) is 29.6 Å². The van der Waals surface area contributed by atoms with Crippen LogP contribution in [0.1, 0.15) is 73.5 Å². The molecule has 0 radical (unpaired) electrons. The predicted octanol–water partition coefficient (Wildman–Crippen LogP) is 4.04. The minimum Gasteiger partial charge on any atom is -0.389 e. The van der Waals surface area contributed by atoms with Gasteiger partial charge in [0.05, 0.1) is 11.0 Å². The molecule has 1 aromatic carbocycles. The van der Waals surface area contributed by atoms with Crippen LogP contribution in [-0.2, 0) is 19.0 Å². The Labute approximate surface area is 224 Å². The van der Waals surface area contributed by atoms with Crippen molar-refractivity contribution in [3.8, 4) is 5.69 Å². The summed E-state index contributed by atoms with van der Waals surface area (Å²) >= 11 is 0. The number of hydrogen-bond donors (Lipinski definition) is 3. The van der Waals surface area contributed by atoms with Crippen molar-refractivity contribution in [2.45, 2.75) is 74.3 Å². The molecule has 3 aliphatic carbocycles. The molecule has 0 bridgehead atoms.